The molecule has 0 unspecified atom stereocenters. The smallest absolute Gasteiger partial charge is 0.146 e. The second kappa shape index (κ2) is 10.4. The lowest BCUT2D eigenvalue weighted by Gasteiger charge is -2.44. The van der Waals surface area contributed by atoms with E-state index < -0.39 is 0 Å². The highest BCUT2D eigenvalue weighted by molar-refractivity contribution is 5.76. The van der Waals surface area contributed by atoms with E-state index >= 15 is 0 Å². The summed E-state index contributed by atoms with van der Waals surface area (Å²) in [5.74, 6) is 0.266. The van der Waals surface area contributed by atoms with Crippen molar-refractivity contribution in [3.8, 4) is 22.9 Å². The molecule has 8 heteroatoms. The van der Waals surface area contributed by atoms with E-state index in [1.165, 1.54) is 0 Å². The number of aromatic nitrogens is 6. The molecule has 1 aliphatic rings. The number of fused-ring (bicyclic) bond motifs is 4. The molecule has 0 atom stereocenters. The lowest BCUT2D eigenvalue weighted by Crippen LogP contribution is -2.37. The first-order valence-corrected chi connectivity index (χ1v) is 16.8. The molecule has 7 rings (SSSR count). The molecule has 1 aliphatic carbocycles. The minimum absolute atomic E-state index is 0.106. The third-order valence-corrected chi connectivity index (χ3v) is 11.8. The monoisotopic (exact) mass is 642 g/mol. The molecule has 0 amide bonds. The number of phenolic OH excluding ortho intramolecular Hbond substituents is 2. The minimum atomic E-state index is -0.287. The Balaban J connectivity index is 1.52. The van der Waals surface area contributed by atoms with Crippen molar-refractivity contribution in [3.63, 3.8) is 0 Å². The fourth-order valence-corrected chi connectivity index (χ4v) is 6.81. The van der Waals surface area contributed by atoms with Gasteiger partial charge < -0.3 is 10.2 Å². The first-order valence-electron chi connectivity index (χ1n) is 16.8. The van der Waals surface area contributed by atoms with Crippen molar-refractivity contribution < 1.29 is 10.2 Å². The Kier molecular flexibility index (Phi) is 6.89. The Hall–Kier alpha value is -4.72. The van der Waals surface area contributed by atoms with Gasteiger partial charge in [-0.3, -0.25) is 0 Å². The van der Waals surface area contributed by atoms with Crippen molar-refractivity contribution in [2.75, 3.05) is 0 Å². The van der Waals surface area contributed by atoms with Crippen molar-refractivity contribution >= 4 is 22.1 Å². The summed E-state index contributed by atoms with van der Waals surface area (Å²) in [6.45, 7) is 22.7. The normalized spacial score (nSPS) is 14.0. The molecule has 48 heavy (non-hydrogen) atoms. The number of aromatic hydroxyl groups is 2. The van der Waals surface area contributed by atoms with Gasteiger partial charge in [0.2, 0.25) is 0 Å². The predicted molar refractivity (Wildman–Crippen MR) is 192 cm³/mol. The molecule has 248 valence electrons. The van der Waals surface area contributed by atoms with Crippen LogP contribution < -0.4 is 0 Å². The maximum atomic E-state index is 12.2. The van der Waals surface area contributed by atoms with E-state index in [1.807, 2.05) is 48.5 Å². The van der Waals surface area contributed by atoms with Crippen molar-refractivity contribution in [2.24, 2.45) is 10.8 Å². The van der Waals surface area contributed by atoms with Gasteiger partial charge in [-0.1, -0.05) is 93.5 Å². The second-order valence-electron chi connectivity index (χ2n) is 16.6. The largest absolute Gasteiger partial charge is 0.505 e. The van der Waals surface area contributed by atoms with Gasteiger partial charge in [0, 0.05) is 17.5 Å². The van der Waals surface area contributed by atoms with E-state index in [-0.39, 0.29) is 33.2 Å². The number of benzene rings is 4. The SMILES string of the molecule is CC(C)(C)C(C)(C)c1cc(-n2nc3ccccc3n2)c(O)c2c1Cc1c(C(C)(C)C(C)(C)C)cc(-n3nc4ccccc4n3)c(O)c1C2. The third-order valence-electron chi connectivity index (χ3n) is 11.8. The number of nitrogens with zero attached hydrogens (tertiary/aromatic N) is 6. The molecule has 0 spiro atoms. The molecule has 0 saturated carbocycles. The fourth-order valence-electron chi connectivity index (χ4n) is 6.81. The van der Waals surface area contributed by atoms with E-state index in [9.17, 15) is 10.2 Å². The van der Waals surface area contributed by atoms with Gasteiger partial charge >= 0.3 is 0 Å². The minimum Gasteiger partial charge on any atom is -0.505 e. The molecule has 0 saturated heterocycles. The van der Waals surface area contributed by atoms with E-state index in [1.54, 1.807) is 9.59 Å². The summed E-state index contributed by atoms with van der Waals surface area (Å²) < 4.78 is 0. The van der Waals surface area contributed by atoms with E-state index in [0.29, 0.717) is 24.2 Å². The molecule has 0 aliphatic heterocycles. The maximum absolute atomic E-state index is 12.2. The summed E-state index contributed by atoms with van der Waals surface area (Å²) in [5, 5.41) is 43.4. The molecule has 6 aromatic rings. The summed E-state index contributed by atoms with van der Waals surface area (Å²) in [4.78, 5) is 3.11. The Bertz CT molecular complexity index is 2020. The molecule has 0 radical (unpaired) electrons. The number of hydrogen-bond donors (Lipinski definition) is 2. The molecular weight excluding hydrogens is 596 g/mol. The Morgan fingerprint density at radius 2 is 0.771 bits per heavy atom. The number of hydrogen-bond acceptors (Lipinski definition) is 6. The summed E-state index contributed by atoms with van der Waals surface area (Å²) in [7, 11) is 0. The summed E-state index contributed by atoms with van der Waals surface area (Å²) in [6.07, 6.45) is 0.908. The van der Waals surface area contributed by atoms with Crippen LogP contribution >= 0.6 is 0 Å². The highest BCUT2D eigenvalue weighted by Crippen LogP contribution is 2.52. The summed E-state index contributed by atoms with van der Waals surface area (Å²) in [6, 6.07) is 19.6. The van der Waals surface area contributed by atoms with Crippen LogP contribution in [0.1, 0.15) is 103 Å². The average molecular weight is 643 g/mol. The van der Waals surface area contributed by atoms with Gasteiger partial charge in [0.05, 0.1) is 0 Å². The van der Waals surface area contributed by atoms with Gasteiger partial charge in [-0.25, -0.2) is 0 Å². The van der Waals surface area contributed by atoms with Crippen LogP contribution in [0.5, 0.6) is 11.5 Å². The second-order valence-corrected chi connectivity index (χ2v) is 16.6. The number of phenols is 2. The van der Waals surface area contributed by atoms with Gasteiger partial charge in [0.25, 0.3) is 0 Å². The lowest BCUT2D eigenvalue weighted by atomic mass is 9.60. The maximum Gasteiger partial charge on any atom is 0.146 e. The van der Waals surface area contributed by atoms with Gasteiger partial charge in [-0.15, -0.1) is 30.0 Å². The molecule has 0 bridgehead atoms. The van der Waals surface area contributed by atoms with Gasteiger partial charge in [-0.2, -0.15) is 0 Å². The Labute approximate surface area is 282 Å². The molecular formula is C40H46N6O2. The first kappa shape index (κ1) is 31.9. The van der Waals surface area contributed by atoms with Crippen LogP contribution in [0, 0.1) is 10.8 Å². The van der Waals surface area contributed by atoms with Crippen LogP contribution in [0.2, 0.25) is 0 Å². The quantitative estimate of drug-likeness (QED) is 0.199. The van der Waals surface area contributed by atoms with Crippen LogP contribution in [0.4, 0.5) is 0 Å². The topological polar surface area (TPSA) is 102 Å². The third kappa shape index (κ3) is 4.71. The van der Waals surface area contributed by atoms with Crippen molar-refractivity contribution in [3.05, 3.63) is 94.0 Å². The zero-order valence-electron chi connectivity index (χ0n) is 29.8. The van der Waals surface area contributed by atoms with Crippen LogP contribution in [0.3, 0.4) is 0 Å². The standard InChI is InChI=1S/C40H46N6O2/c1-37(2,3)39(7,8)27-21-33(45-41-29-15-11-12-16-30(29)42-45)35(47)25-20-26-24(19-23(25)27)28(40(9,10)38(4,5)6)22-34(36(26)48)46-43-31-17-13-14-18-32(31)44-46/h11-18,21-22,47-48H,19-20H2,1-10H3. The Morgan fingerprint density at radius 3 is 1.06 bits per heavy atom. The zero-order valence-corrected chi connectivity index (χ0v) is 29.8. The Morgan fingerprint density at radius 1 is 0.479 bits per heavy atom. The average Bonchev–Trinajstić information content (AvgIpc) is 3.64. The van der Waals surface area contributed by atoms with Crippen molar-refractivity contribution in [1.29, 1.82) is 0 Å². The molecule has 4 aromatic carbocycles. The van der Waals surface area contributed by atoms with Gasteiger partial charge in [-0.05, 0) is 86.7 Å². The highest BCUT2D eigenvalue weighted by atomic mass is 16.3. The van der Waals surface area contributed by atoms with E-state index in [2.05, 4.69) is 81.4 Å². The first-order chi connectivity index (χ1) is 22.4. The molecule has 0 fully saturated rings. The van der Waals surface area contributed by atoms with E-state index in [0.717, 1.165) is 55.4 Å². The van der Waals surface area contributed by atoms with Crippen LogP contribution in [0.25, 0.3) is 33.4 Å². The van der Waals surface area contributed by atoms with E-state index in [4.69, 9.17) is 20.4 Å². The van der Waals surface area contributed by atoms with Gasteiger partial charge in [0.15, 0.2) is 0 Å². The lowest BCUT2D eigenvalue weighted by molar-refractivity contribution is 0.222. The highest BCUT2D eigenvalue weighted by Gasteiger charge is 2.43. The predicted octanol–water partition coefficient (Wildman–Crippen LogP) is 8.71. The molecule has 2 heterocycles. The van der Waals surface area contributed by atoms with Crippen molar-refractivity contribution in [2.45, 2.75) is 92.9 Å². The summed E-state index contributed by atoms with van der Waals surface area (Å²) in [5.41, 5.74) is 9.38. The fraction of sp³-hybridized carbons (Fsp3) is 0.400. The number of rotatable bonds is 4. The molecule has 2 aromatic heterocycles. The summed E-state index contributed by atoms with van der Waals surface area (Å²) >= 11 is 0. The van der Waals surface area contributed by atoms with Crippen LogP contribution in [-0.4, -0.2) is 40.2 Å². The molecule has 8 nitrogen and oxygen atoms in total. The van der Waals surface area contributed by atoms with Gasteiger partial charge in [0.1, 0.15) is 44.9 Å². The van der Waals surface area contributed by atoms with Crippen LogP contribution in [-0.2, 0) is 23.7 Å². The molecule has 2 N–H and O–H groups in total. The van der Waals surface area contributed by atoms with Crippen molar-refractivity contribution in [1.82, 2.24) is 30.0 Å². The van der Waals surface area contributed by atoms with Crippen LogP contribution in [0.15, 0.2) is 60.7 Å². The zero-order chi connectivity index (χ0) is 34.6.